The van der Waals surface area contributed by atoms with Gasteiger partial charge < -0.3 is 11.1 Å². The first-order chi connectivity index (χ1) is 6.66. The Hall–Kier alpha value is -1.03. The van der Waals surface area contributed by atoms with Gasteiger partial charge in [0, 0.05) is 4.47 Å². The number of hydrogen-bond acceptors (Lipinski definition) is 3. The van der Waals surface area contributed by atoms with Crippen molar-refractivity contribution in [2.24, 2.45) is 10.7 Å². The molecular formula is C10H12BrN3. The van der Waals surface area contributed by atoms with Crippen molar-refractivity contribution in [2.75, 3.05) is 6.54 Å². The van der Waals surface area contributed by atoms with Gasteiger partial charge in [-0.3, -0.25) is 4.99 Å². The Labute approximate surface area is 91.5 Å². The lowest BCUT2D eigenvalue weighted by atomic mass is 10.1. The van der Waals surface area contributed by atoms with E-state index in [-0.39, 0.29) is 6.04 Å². The van der Waals surface area contributed by atoms with Crippen LogP contribution in [-0.4, -0.2) is 12.5 Å². The number of nitrogens with zero attached hydrogens (tertiary/aromatic N) is 1. The van der Waals surface area contributed by atoms with E-state index in [1.807, 2.05) is 0 Å². The Morgan fingerprint density at radius 3 is 2.93 bits per heavy atom. The summed E-state index contributed by atoms with van der Waals surface area (Å²) in [6, 6.07) is 6.51. The van der Waals surface area contributed by atoms with Crippen LogP contribution in [0.3, 0.4) is 0 Å². The molecule has 0 bridgehead atoms. The predicted octanol–water partition coefficient (Wildman–Crippen LogP) is 1.72. The summed E-state index contributed by atoms with van der Waals surface area (Å²) in [5, 5.41) is 3.13. The standard InChI is InChI=1S/C10H12BrN3/c1-6-2-3-7(8(11)4-6)9-5-13-10(12)14-9/h2-4,9H,5H2,1H3,(H3,12,13,14). The second-order valence-corrected chi connectivity index (χ2v) is 4.30. The lowest BCUT2D eigenvalue weighted by Crippen LogP contribution is -2.29. The molecule has 0 aliphatic carbocycles. The van der Waals surface area contributed by atoms with Gasteiger partial charge in [-0.25, -0.2) is 0 Å². The first-order valence-corrected chi connectivity index (χ1v) is 5.28. The fourth-order valence-electron chi connectivity index (χ4n) is 1.55. The SMILES string of the molecule is Cc1ccc(C2CN=C(N)N2)c(Br)c1. The minimum atomic E-state index is 0.213. The molecule has 1 unspecified atom stereocenters. The maximum Gasteiger partial charge on any atom is 0.189 e. The van der Waals surface area contributed by atoms with Crippen molar-refractivity contribution in [1.29, 1.82) is 0 Å². The van der Waals surface area contributed by atoms with E-state index in [9.17, 15) is 0 Å². The molecule has 0 fully saturated rings. The van der Waals surface area contributed by atoms with Gasteiger partial charge in [0.2, 0.25) is 0 Å². The molecule has 0 radical (unpaired) electrons. The van der Waals surface area contributed by atoms with E-state index in [2.05, 4.69) is 51.4 Å². The average Bonchev–Trinajstić information content (AvgIpc) is 2.51. The van der Waals surface area contributed by atoms with Gasteiger partial charge >= 0.3 is 0 Å². The molecule has 0 aromatic heterocycles. The summed E-state index contributed by atoms with van der Waals surface area (Å²) in [4.78, 5) is 4.12. The van der Waals surface area contributed by atoms with Gasteiger partial charge in [-0.05, 0) is 24.1 Å². The summed E-state index contributed by atoms with van der Waals surface area (Å²) in [5.41, 5.74) is 8.02. The number of guanidine groups is 1. The number of rotatable bonds is 1. The van der Waals surface area contributed by atoms with E-state index in [0.29, 0.717) is 12.5 Å². The molecule has 1 aliphatic rings. The van der Waals surface area contributed by atoms with Gasteiger partial charge in [0.1, 0.15) is 0 Å². The van der Waals surface area contributed by atoms with Crippen molar-refractivity contribution in [3.63, 3.8) is 0 Å². The third-order valence-corrected chi connectivity index (χ3v) is 2.98. The van der Waals surface area contributed by atoms with E-state index in [4.69, 9.17) is 5.73 Å². The highest BCUT2D eigenvalue weighted by Crippen LogP contribution is 2.26. The molecule has 1 heterocycles. The van der Waals surface area contributed by atoms with Crippen molar-refractivity contribution in [3.8, 4) is 0 Å². The molecule has 0 amide bonds. The summed E-state index contributed by atoms with van der Waals surface area (Å²) in [5.74, 6) is 0.530. The van der Waals surface area contributed by atoms with Gasteiger partial charge in [-0.2, -0.15) is 0 Å². The number of halogens is 1. The third kappa shape index (κ3) is 1.75. The largest absolute Gasteiger partial charge is 0.370 e. The first kappa shape index (κ1) is 9.52. The average molecular weight is 254 g/mol. The molecule has 4 heteroatoms. The van der Waals surface area contributed by atoms with Crippen molar-refractivity contribution in [2.45, 2.75) is 13.0 Å². The fourth-order valence-corrected chi connectivity index (χ4v) is 2.32. The maximum atomic E-state index is 5.57. The summed E-state index contributed by atoms with van der Waals surface area (Å²) < 4.78 is 1.11. The Morgan fingerprint density at radius 2 is 2.36 bits per heavy atom. The number of aryl methyl sites for hydroxylation is 1. The molecule has 74 valence electrons. The number of hydrogen-bond donors (Lipinski definition) is 2. The maximum absolute atomic E-state index is 5.57. The molecule has 3 nitrogen and oxygen atoms in total. The van der Waals surface area contributed by atoms with Crippen LogP contribution in [0.15, 0.2) is 27.7 Å². The molecule has 0 saturated carbocycles. The number of nitrogens with two attached hydrogens (primary N) is 1. The molecule has 2 rings (SSSR count). The highest BCUT2D eigenvalue weighted by atomic mass is 79.9. The number of nitrogens with one attached hydrogen (secondary N) is 1. The topological polar surface area (TPSA) is 50.4 Å². The fraction of sp³-hybridized carbons (Fsp3) is 0.300. The normalized spacial score (nSPS) is 20.4. The Balaban J connectivity index is 2.25. The van der Waals surface area contributed by atoms with Gasteiger partial charge in [-0.1, -0.05) is 28.1 Å². The molecule has 1 aromatic carbocycles. The Bertz CT molecular complexity index is 387. The molecule has 0 saturated heterocycles. The van der Waals surface area contributed by atoms with Crippen molar-refractivity contribution >= 4 is 21.9 Å². The predicted molar refractivity (Wildman–Crippen MR) is 61.2 cm³/mol. The van der Waals surface area contributed by atoms with Crippen molar-refractivity contribution in [1.82, 2.24) is 5.32 Å². The molecule has 1 atom stereocenters. The van der Waals surface area contributed by atoms with Crippen LogP contribution >= 0.6 is 15.9 Å². The zero-order valence-electron chi connectivity index (χ0n) is 7.92. The number of aliphatic imine (C=N–C) groups is 1. The zero-order valence-corrected chi connectivity index (χ0v) is 9.51. The second kappa shape index (κ2) is 3.61. The highest BCUT2D eigenvalue weighted by Gasteiger charge is 2.19. The highest BCUT2D eigenvalue weighted by molar-refractivity contribution is 9.10. The summed E-state index contributed by atoms with van der Waals surface area (Å²) in [7, 11) is 0. The van der Waals surface area contributed by atoms with Crippen LogP contribution in [0.2, 0.25) is 0 Å². The van der Waals surface area contributed by atoms with E-state index >= 15 is 0 Å². The van der Waals surface area contributed by atoms with Gasteiger partial charge in [0.25, 0.3) is 0 Å². The van der Waals surface area contributed by atoms with Crippen LogP contribution < -0.4 is 11.1 Å². The monoisotopic (exact) mass is 253 g/mol. The van der Waals surface area contributed by atoms with Gasteiger partial charge in [0.05, 0.1) is 12.6 Å². The number of benzene rings is 1. The van der Waals surface area contributed by atoms with Crippen molar-refractivity contribution in [3.05, 3.63) is 33.8 Å². The van der Waals surface area contributed by atoms with Gasteiger partial charge in [0.15, 0.2) is 5.96 Å². The van der Waals surface area contributed by atoms with Crippen LogP contribution in [0, 0.1) is 6.92 Å². The minimum absolute atomic E-state index is 0.213. The van der Waals surface area contributed by atoms with Crippen LogP contribution in [0.4, 0.5) is 0 Å². The molecule has 14 heavy (non-hydrogen) atoms. The van der Waals surface area contributed by atoms with E-state index in [1.165, 1.54) is 11.1 Å². The van der Waals surface area contributed by atoms with E-state index < -0.39 is 0 Å². The molecule has 3 N–H and O–H groups in total. The van der Waals surface area contributed by atoms with Crippen LogP contribution in [0.5, 0.6) is 0 Å². The van der Waals surface area contributed by atoms with Crippen LogP contribution in [0.25, 0.3) is 0 Å². The summed E-state index contributed by atoms with van der Waals surface area (Å²) in [6.07, 6.45) is 0. The van der Waals surface area contributed by atoms with Gasteiger partial charge in [-0.15, -0.1) is 0 Å². The van der Waals surface area contributed by atoms with E-state index in [1.54, 1.807) is 0 Å². The third-order valence-electron chi connectivity index (χ3n) is 2.30. The lowest BCUT2D eigenvalue weighted by molar-refractivity contribution is 0.704. The van der Waals surface area contributed by atoms with E-state index in [0.717, 1.165) is 4.47 Å². The zero-order chi connectivity index (χ0) is 10.1. The molecular weight excluding hydrogens is 242 g/mol. The minimum Gasteiger partial charge on any atom is -0.370 e. The molecule has 1 aliphatic heterocycles. The Morgan fingerprint density at radius 1 is 1.57 bits per heavy atom. The molecule has 0 spiro atoms. The quantitative estimate of drug-likeness (QED) is 0.801. The van der Waals surface area contributed by atoms with Crippen LogP contribution in [-0.2, 0) is 0 Å². The smallest absolute Gasteiger partial charge is 0.189 e. The van der Waals surface area contributed by atoms with Crippen LogP contribution in [0.1, 0.15) is 17.2 Å². The Kier molecular flexibility index (Phi) is 2.46. The second-order valence-electron chi connectivity index (χ2n) is 3.45. The first-order valence-electron chi connectivity index (χ1n) is 4.49. The summed E-state index contributed by atoms with van der Waals surface area (Å²) >= 11 is 3.55. The lowest BCUT2D eigenvalue weighted by Gasteiger charge is -2.13. The summed E-state index contributed by atoms with van der Waals surface area (Å²) in [6.45, 7) is 2.79. The molecule has 1 aromatic rings. The van der Waals surface area contributed by atoms with Crippen molar-refractivity contribution < 1.29 is 0 Å².